The highest BCUT2D eigenvalue weighted by Crippen LogP contribution is 2.28. The summed E-state index contributed by atoms with van der Waals surface area (Å²) < 4.78 is 1.22. The molecule has 0 aromatic heterocycles. The Bertz CT molecular complexity index is 838. The highest BCUT2D eigenvalue weighted by Gasteiger charge is 2.21. The fraction of sp³-hybridized carbons (Fsp3) is 0.300. The van der Waals surface area contributed by atoms with Crippen LogP contribution in [0.5, 0.6) is 5.75 Å². The van der Waals surface area contributed by atoms with Crippen molar-refractivity contribution >= 4 is 44.0 Å². The van der Waals surface area contributed by atoms with Crippen LogP contribution in [0.1, 0.15) is 11.1 Å². The van der Waals surface area contributed by atoms with Crippen molar-refractivity contribution < 1.29 is 14.8 Å². The summed E-state index contributed by atoms with van der Waals surface area (Å²) in [5.74, 6) is -0.314. The summed E-state index contributed by atoms with van der Waals surface area (Å²) in [6.45, 7) is 5.10. The quantitative estimate of drug-likeness (QED) is 0.453. The standard InChI is InChI=1S/C20H22Br2N4O2/c21-17-10-16(20(28)18(22)11-17)12-23-24-19(27)14-26-8-6-25(7-9-26)13-15-4-2-1-3-5-15/h1-5,10-12,28H,6-9,13-14H2,(H,24,27)/b23-12+. The van der Waals surface area contributed by atoms with Gasteiger partial charge in [-0.1, -0.05) is 67.9 Å². The molecule has 1 amide bonds. The predicted octanol–water partition coefficient (Wildman–Crippen LogP) is 1.14. The van der Waals surface area contributed by atoms with Gasteiger partial charge in [-0.2, -0.15) is 5.10 Å². The summed E-state index contributed by atoms with van der Waals surface area (Å²) in [5.41, 5.74) is 4.24. The zero-order valence-electron chi connectivity index (χ0n) is 15.3. The van der Waals surface area contributed by atoms with Crippen molar-refractivity contribution in [1.29, 1.82) is 0 Å². The molecule has 1 aliphatic rings. The van der Waals surface area contributed by atoms with Crippen LogP contribution in [-0.4, -0.2) is 49.7 Å². The van der Waals surface area contributed by atoms with Crippen LogP contribution in [-0.2, 0) is 11.3 Å². The lowest BCUT2D eigenvalue weighted by atomic mass is 10.2. The van der Waals surface area contributed by atoms with Gasteiger partial charge in [-0.15, -0.1) is 0 Å². The number of carbonyl (C=O) groups excluding carboxylic acids is 1. The third-order valence-corrected chi connectivity index (χ3v) is 5.70. The molecular formula is C20H22Br2N4O2. The molecule has 0 spiro atoms. The molecule has 2 aromatic carbocycles. The first-order valence-corrected chi connectivity index (χ1v) is 10.7. The van der Waals surface area contributed by atoms with Gasteiger partial charge in [0.05, 0.1) is 19.3 Å². The molecule has 148 valence electrons. The molecule has 1 heterocycles. The smallest absolute Gasteiger partial charge is 0.295 e. The number of nitrogens with zero attached hydrogens (tertiary/aromatic N) is 2. The number of amides is 1. The van der Waals surface area contributed by atoms with E-state index in [2.05, 4.69) is 71.6 Å². The van der Waals surface area contributed by atoms with E-state index in [0.717, 1.165) is 37.2 Å². The van der Waals surface area contributed by atoms with E-state index in [1.165, 1.54) is 16.7 Å². The van der Waals surface area contributed by atoms with Crippen molar-refractivity contribution in [3.8, 4) is 5.75 Å². The van der Waals surface area contributed by atoms with Gasteiger partial charge in [0.25, 0.3) is 5.91 Å². The molecule has 0 atom stereocenters. The molecule has 3 rings (SSSR count). The van der Waals surface area contributed by atoms with Crippen molar-refractivity contribution in [2.24, 2.45) is 5.10 Å². The molecular weight excluding hydrogens is 488 g/mol. The normalized spacial score (nSPS) is 15.8. The molecule has 6 nitrogen and oxygen atoms in total. The first-order chi connectivity index (χ1) is 13.5. The van der Waals surface area contributed by atoms with Crippen molar-refractivity contribution in [3.05, 3.63) is 62.5 Å². The van der Waals surface area contributed by atoms with E-state index in [-0.39, 0.29) is 11.7 Å². The highest BCUT2D eigenvalue weighted by molar-refractivity contribution is 9.11. The van der Waals surface area contributed by atoms with E-state index in [4.69, 9.17) is 0 Å². The monoisotopic (exact) mass is 508 g/mol. The lowest BCUT2D eigenvalue weighted by molar-refractivity contribution is -0.896. The van der Waals surface area contributed by atoms with Gasteiger partial charge in [-0.25, -0.2) is 5.43 Å². The van der Waals surface area contributed by atoms with Gasteiger partial charge in [0.1, 0.15) is 0 Å². The lowest BCUT2D eigenvalue weighted by Gasteiger charge is -2.31. The number of piperazine rings is 1. The van der Waals surface area contributed by atoms with Crippen molar-refractivity contribution in [3.63, 3.8) is 0 Å². The Kier molecular flexibility index (Phi) is 7.61. The Morgan fingerprint density at radius 1 is 1.21 bits per heavy atom. The van der Waals surface area contributed by atoms with Gasteiger partial charge in [0.15, 0.2) is 6.54 Å². The molecule has 0 radical (unpaired) electrons. The van der Waals surface area contributed by atoms with Gasteiger partial charge in [0, 0.05) is 28.6 Å². The Morgan fingerprint density at radius 2 is 1.93 bits per heavy atom. The Labute approximate surface area is 181 Å². The summed E-state index contributed by atoms with van der Waals surface area (Å²) in [4.78, 5) is 15.8. The number of halogens is 2. The van der Waals surface area contributed by atoms with E-state index in [1.807, 2.05) is 6.07 Å². The van der Waals surface area contributed by atoms with Crippen LogP contribution in [0.2, 0.25) is 0 Å². The highest BCUT2D eigenvalue weighted by atomic mass is 79.9. The maximum Gasteiger partial charge on any atom is 0.295 e. The maximum atomic E-state index is 12.1. The predicted molar refractivity (Wildman–Crippen MR) is 114 cm³/mol. The summed E-state index contributed by atoms with van der Waals surface area (Å²) in [6.07, 6.45) is 1.38. The third kappa shape index (κ3) is 6.13. The van der Waals surface area contributed by atoms with Crippen LogP contribution in [0, 0.1) is 0 Å². The molecule has 28 heavy (non-hydrogen) atoms. The SMILES string of the molecule is O=C(C[NH+]1CCN(Cc2ccccc2)CC1)N/N=C/c1cc(Br)cc(Br)c1[O-]. The molecule has 0 unspecified atom stereocenters. The number of benzene rings is 2. The number of quaternary nitrogens is 1. The van der Waals surface area contributed by atoms with Crippen LogP contribution in [0.3, 0.4) is 0 Å². The second-order valence-electron chi connectivity index (χ2n) is 6.79. The molecule has 8 heteroatoms. The molecule has 2 aromatic rings. The molecule has 1 saturated heterocycles. The minimum Gasteiger partial charge on any atom is -0.871 e. The average molecular weight is 510 g/mol. The topological polar surface area (TPSA) is 72.2 Å². The van der Waals surface area contributed by atoms with E-state index in [1.54, 1.807) is 12.1 Å². The van der Waals surface area contributed by atoms with Crippen LogP contribution in [0.4, 0.5) is 0 Å². The summed E-state index contributed by atoms with van der Waals surface area (Å²) >= 11 is 6.54. The fourth-order valence-corrected chi connectivity index (χ4v) is 4.42. The van der Waals surface area contributed by atoms with E-state index < -0.39 is 0 Å². The van der Waals surface area contributed by atoms with Crippen LogP contribution in [0.15, 0.2) is 56.5 Å². The number of rotatable bonds is 6. The fourth-order valence-electron chi connectivity index (χ4n) is 3.16. The van der Waals surface area contributed by atoms with Crippen molar-refractivity contribution in [2.75, 3.05) is 32.7 Å². The molecule has 2 N–H and O–H groups in total. The minimum absolute atomic E-state index is 0.149. The molecule has 1 aliphatic heterocycles. The third-order valence-electron chi connectivity index (χ3n) is 4.65. The van der Waals surface area contributed by atoms with Crippen molar-refractivity contribution in [2.45, 2.75) is 6.54 Å². The second kappa shape index (κ2) is 10.2. The van der Waals surface area contributed by atoms with Gasteiger partial charge >= 0.3 is 0 Å². The molecule has 0 bridgehead atoms. The summed E-state index contributed by atoms with van der Waals surface area (Å²) in [6, 6.07) is 13.8. The number of carbonyl (C=O) groups is 1. The molecule has 0 aliphatic carbocycles. The van der Waals surface area contributed by atoms with Gasteiger partial charge in [-0.05, 0) is 23.3 Å². The van der Waals surface area contributed by atoms with Crippen molar-refractivity contribution in [1.82, 2.24) is 10.3 Å². The maximum absolute atomic E-state index is 12.1. The summed E-state index contributed by atoms with van der Waals surface area (Å²) in [5, 5.41) is 15.9. The largest absolute Gasteiger partial charge is 0.871 e. The zero-order valence-corrected chi connectivity index (χ0v) is 18.5. The van der Waals surface area contributed by atoms with Crippen LogP contribution >= 0.6 is 31.9 Å². The van der Waals surface area contributed by atoms with E-state index in [9.17, 15) is 9.90 Å². The lowest BCUT2D eigenvalue weighted by Crippen LogP contribution is -3.15. The van der Waals surface area contributed by atoms with E-state index >= 15 is 0 Å². The molecule has 1 fully saturated rings. The Balaban J connectivity index is 1.42. The number of hydrazone groups is 1. The molecule has 0 saturated carbocycles. The van der Waals surface area contributed by atoms with Gasteiger partial charge < -0.3 is 10.0 Å². The first kappa shape index (κ1) is 21.0. The van der Waals surface area contributed by atoms with Gasteiger partial charge in [-0.3, -0.25) is 9.69 Å². The van der Waals surface area contributed by atoms with Crippen LogP contribution < -0.4 is 15.4 Å². The Morgan fingerprint density at radius 3 is 2.64 bits per heavy atom. The average Bonchev–Trinajstić information content (AvgIpc) is 2.68. The number of hydrogen-bond donors (Lipinski definition) is 2. The first-order valence-electron chi connectivity index (χ1n) is 9.09. The van der Waals surface area contributed by atoms with E-state index in [0.29, 0.717) is 16.6 Å². The second-order valence-corrected chi connectivity index (χ2v) is 8.56. The zero-order chi connectivity index (χ0) is 19.9. The van der Waals surface area contributed by atoms with Gasteiger partial charge in [0.2, 0.25) is 0 Å². The van der Waals surface area contributed by atoms with Crippen LogP contribution in [0.25, 0.3) is 0 Å². The minimum atomic E-state index is -0.165. The summed E-state index contributed by atoms with van der Waals surface area (Å²) in [7, 11) is 0. The Hall–Kier alpha value is -1.74. The number of nitrogens with one attached hydrogen (secondary N) is 2. The number of hydrogen-bond acceptors (Lipinski definition) is 4.